The number of nitrogens with zero attached hydrogens (tertiary/aromatic N) is 2. The molecule has 156 valence electrons. The molecule has 0 aromatic carbocycles. The second-order valence-electron chi connectivity index (χ2n) is 7.25. The van der Waals surface area contributed by atoms with Crippen LogP contribution in [-0.2, 0) is 0 Å². The van der Waals surface area contributed by atoms with Crippen molar-refractivity contribution in [1.82, 2.24) is 20.9 Å². The maximum atomic E-state index is 6.63. The third-order valence-corrected chi connectivity index (χ3v) is 5.35. The maximum absolute atomic E-state index is 6.63. The molecule has 3 N–H and O–H groups in total. The zero-order valence-corrected chi connectivity index (χ0v) is 18.2. The molecule has 1 fully saturated rings. The van der Waals surface area contributed by atoms with Crippen LogP contribution < -0.4 is 16.0 Å². The molecule has 2 heterocycles. The van der Waals surface area contributed by atoms with Crippen LogP contribution in [0.4, 0.5) is 0 Å². The number of rotatable bonds is 6. The lowest BCUT2D eigenvalue weighted by atomic mass is 9.99. The molecule has 0 aromatic heterocycles. The zero-order valence-electron chi connectivity index (χ0n) is 17.5. The van der Waals surface area contributed by atoms with E-state index in [1.165, 1.54) is 11.1 Å². The van der Waals surface area contributed by atoms with Gasteiger partial charge in [0.05, 0.1) is 28.7 Å². The van der Waals surface area contributed by atoms with Gasteiger partial charge >= 0.3 is 0 Å². The van der Waals surface area contributed by atoms with Gasteiger partial charge in [0.1, 0.15) is 0 Å². The fourth-order valence-electron chi connectivity index (χ4n) is 3.64. The van der Waals surface area contributed by atoms with E-state index in [2.05, 4.69) is 57.1 Å². The van der Waals surface area contributed by atoms with Crippen LogP contribution in [0.3, 0.4) is 0 Å². The van der Waals surface area contributed by atoms with Crippen LogP contribution in [0.15, 0.2) is 75.3 Å². The van der Waals surface area contributed by atoms with Gasteiger partial charge in [-0.3, -0.25) is 4.99 Å². The normalized spacial score (nSPS) is 23.3. The highest BCUT2D eigenvalue weighted by Gasteiger charge is 2.22. The van der Waals surface area contributed by atoms with E-state index >= 15 is 0 Å². The molecule has 2 aliphatic heterocycles. The molecule has 1 saturated heterocycles. The molecular formula is C23H32ClN5. The molecule has 0 unspecified atom stereocenters. The summed E-state index contributed by atoms with van der Waals surface area (Å²) in [6.07, 6.45) is 16.7. The summed E-state index contributed by atoms with van der Waals surface area (Å²) in [5.74, 6) is 0. The van der Waals surface area contributed by atoms with Gasteiger partial charge in [0, 0.05) is 38.6 Å². The van der Waals surface area contributed by atoms with E-state index in [0.717, 1.165) is 67.7 Å². The zero-order chi connectivity index (χ0) is 20.5. The summed E-state index contributed by atoms with van der Waals surface area (Å²) in [4.78, 5) is 6.99. The molecule has 0 saturated carbocycles. The monoisotopic (exact) mass is 413 g/mol. The van der Waals surface area contributed by atoms with Gasteiger partial charge in [-0.15, -0.1) is 0 Å². The highest BCUT2D eigenvalue weighted by molar-refractivity contribution is 6.30. The first-order chi connectivity index (χ1) is 14.2. The number of nitrogens with one attached hydrogen (secondary N) is 3. The summed E-state index contributed by atoms with van der Waals surface area (Å²) in [7, 11) is 0. The minimum Gasteiger partial charge on any atom is -0.384 e. The van der Waals surface area contributed by atoms with Crippen LogP contribution in [0.1, 0.15) is 26.7 Å². The van der Waals surface area contributed by atoms with E-state index in [4.69, 9.17) is 11.6 Å². The molecule has 29 heavy (non-hydrogen) atoms. The van der Waals surface area contributed by atoms with Crippen molar-refractivity contribution in [2.45, 2.75) is 26.7 Å². The van der Waals surface area contributed by atoms with Crippen LogP contribution in [0.25, 0.3) is 0 Å². The van der Waals surface area contributed by atoms with Crippen molar-refractivity contribution in [1.29, 1.82) is 0 Å². The summed E-state index contributed by atoms with van der Waals surface area (Å²) in [5, 5.41) is 11.2. The number of halogens is 1. The molecule has 0 bridgehead atoms. The third kappa shape index (κ3) is 5.87. The van der Waals surface area contributed by atoms with Crippen molar-refractivity contribution in [3.8, 4) is 0 Å². The Labute approximate surface area is 179 Å². The Bertz CT molecular complexity index is 790. The molecule has 5 nitrogen and oxygen atoms in total. The van der Waals surface area contributed by atoms with Crippen LogP contribution in [0, 0.1) is 0 Å². The third-order valence-electron chi connectivity index (χ3n) is 5.04. The van der Waals surface area contributed by atoms with Gasteiger partial charge in [0.15, 0.2) is 0 Å². The Morgan fingerprint density at radius 2 is 2.17 bits per heavy atom. The van der Waals surface area contributed by atoms with Crippen LogP contribution in [0.5, 0.6) is 0 Å². The molecular weight excluding hydrogens is 382 g/mol. The summed E-state index contributed by atoms with van der Waals surface area (Å²) in [6, 6.07) is 0. The molecule has 0 spiro atoms. The van der Waals surface area contributed by atoms with E-state index < -0.39 is 0 Å². The lowest BCUT2D eigenvalue weighted by Gasteiger charge is -2.31. The number of aliphatic imine (C=N–C) groups is 1. The largest absolute Gasteiger partial charge is 0.384 e. The van der Waals surface area contributed by atoms with E-state index in [0.29, 0.717) is 6.54 Å². The summed E-state index contributed by atoms with van der Waals surface area (Å²) in [5.41, 5.74) is 5.56. The quantitative estimate of drug-likeness (QED) is 0.623. The lowest BCUT2D eigenvalue weighted by molar-refractivity contribution is 0.365. The predicted octanol–water partition coefficient (Wildman–Crippen LogP) is 3.57. The van der Waals surface area contributed by atoms with Gasteiger partial charge < -0.3 is 20.9 Å². The molecule has 0 amide bonds. The minimum atomic E-state index is 0.680. The average Bonchev–Trinajstić information content (AvgIpc) is 3.01. The Morgan fingerprint density at radius 1 is 1.28 bits per heavy atom. The Kier molecular flexibility index (Phi) is 8.20. The van der Waals surface area contributed by atoms with E-state index in [1.807, 2.05) is 25.4 Å². The summed E-state index contributed by atoms with van der Waals surface area (Å²) in [6.45, 7) is 9.57. The first-order valence-electron chi connectivity index (χ1n) is 10.5. The van der Waals surface area contributed by atoms with Gasteiger partial charge in [-0.25, -0.2) is 0 Å². The van der Waals surface area contributed by atoms with E-state index in [-0.39, 0.29) is 0 Å². The molecule has 3 rings (SSSR count). The highest BCUT2D eigenvalue weighted by Crippen LogP contribution is 2.24. The van der Waals surface area contributed by atoms with Gasteiger partial charge in [-0.05, 0) is 43.5 Å². The lowest BCUT2D eigenvalue weighted by Crippen LogP contribution is -2.36. The van der Waals surface area contributed by atoms with E-state index in [1.54, 1.807) is 0 Å². The van der Waals surface area contributed by atoms with Crippen molar-refractivity contribution in [3.05, 3.63) is 70.4 Å². The van der Waals surface area contributed by atoms with Gasteiger partial charge in [-0.2, -0.15) is 0 Å². The molecule has 1 aliphatic carbocycles. The minimum absolute atomic E-state index is 0.680. The SMILES string of the molecule is C\C=C/N=C1\C=C(CNC2=CNCC(Cl)=C2N2CCCNCC2)C=C\C1=C/CC. The van der Waals surface area contributed by atoms with Crippen molar-refractivity contribution >= 4 is 17.3 Å². The molecule has 0 aromatic rings. The van der Waals surface area contributed by atoms with Gasteiger partial charge in [0.25, 0.3) is 0 Å². The topological polar surface area (TPSA) is 51.7 Å². The van der Waals surface area contributed by atoms with Crippen molar-refractivity contribution < 1.29 is 0 Å². The van der Waals surface area contributed by atoms with Gasteiger partial charge in [-0.1, -0.05) is 42.8 Å². The van der Waals surface area contributed by atoms with Gasteiger partial charge in [0.2, 0.25) is 0 Å². The second-order valence-corrected chi connectivity index (χ2v) is 7.71. The van der Waals surface area contributed by atoms with Crippen molar-refractivity contribution in [3.63, 3.8) is 0 Å². The molecule has 0 atom stereocenters. The molecule has 3 aliphatic rings. The number of hydrogen-bond donors (Lipinski definition) is 3. The predicted molar refractivity (Wildman–Crippen MR) is 124 cm³/mol. The Balaban J connectivity index is 1.73. The van der Waals surface area contributed by atoms with Crippen LogP contribution >= 0.6 is 11.6 Å². The van der Waals surface area contributed by atoms with Crippen LogP contribution in [0.2, 0.25) is 0 Å². The summed E-state index contributed by atoms with van der Waals surface area (Å²) < 4.78 is 0. The first kappa shape index (κ1) is 21.5. The first-order valence-corrected chi connectivity index (χ1v) is 10.9. The fourth-order valence-corrected chi connectivity index (χ4v) is 3.94. The van der Waals surface area contributed by atoms with E-state index in [9.17, 15) is 0 Å². The molecule has 0 radical (unpaired) electrons. The van der Waals surface area contributed by atoms with Crippen molar-refractivity contribution in [2.75, 3.05) is 39.3 Å². The fraction of sp³-hybridized carbons (Fsp3) is 0.435. The van der Waals surface area contributed by atoms with Crippen LogP contribution in [-0.4, -0.2) is 49.9 Å². The molecule has 6 heteroatoms. The smallest absolute Gasteiger partial charge is 0.0783 e. The number of dihydropyridines is 1. The maximum Gasteiger partial charge on any atom is 0.0783 e. The number of allylic oxidation sites excluding steroid dienone is 5. The second kappa shape index (κ2) is 11.1. The standard InChI is InChI=1S/C23H32ClN5/c1-3-6-19-8-7-18(14-21(19)27-9-4-2)15-28-22-17-26-16-20(24)23(22)29-12-5-10-25-11-13-29/h4,6-9,14,17,25-26,28H,3,5,10-13,15-16H2,1-2H3/b9-4-,19-6+,27-21+. The number of hydrogen-bond acceptors (Lipinski definition) is 5. The summed E-state index contributed by atoms with van der Waals surface area (Å²) >= 11 is 6.63. The highest BCUT2D eigenvalue weighted by atomic mass is 35.5. The Morgan fingerprint density at radius 3 is 3.00 bits per heavy atom. The average molecular weight is 414 g/mol. The Hall–Kier alpha value is -2.24. The van der Waals surface area contributed by atoms with Crippen molar-refractivity contribution in [2.24, 2.45) is 4.99 Å².